The Morgan fingerprint density at radius 2 is 1.97 bits per heavy atom. The highest BCUT2D eigenvalue weighted by Gasteiger charge is 2.44. The van der Waals surface area contributed by atoms with E-state index in [2.05, 4.69) is 45.6 Å². The zero-order chi connectivity index (χ0) is 25.6. The number of anilines is 1. The maximum absolute atomic E-state index is 13.6. The Bertz CT molecular complexity index is 1260. The summed E-state index contributed by atoms with van der Waals surface area (Å²) >= 11 is 0. The highest BCUT2D eigenvalue weighted by molar-refractivity contribution is 5.87. The molecule has 9 nitrogen and oxygen atoms in total. The lowest BCUT2D eigenvalue weighted by molar-refractivity contribution is -0.0127. The van der Waals surface area contributed by atoms with Crippen molar-refractivity contribution in [3.63, 3.8) is 0 Å². The molecule has 6 rings (SSSR count). The zero-order valence-corrected chi connectivity index (χ0v) is 21.2. The third-order valence-corrected chi connectivity index (χ3v) is 7.47. The highest BCUT2D eigenvalue weighted by atomic mass is 19.3. The summed E-state index contributed by atoms with van der Waals surface area (Å²) < 4.78 is 31.0. The van der Waals surface area contributed by atoms with E-state index in [1.54, 1.807) is 6.20 Å². The number of alkyl halides is 2. The smallest absolute Gasteiger partial charge is 0.261 e. The van der Waals surface area contributed by atoms with Gasteiger partial charge in [-0.1, -0.05) is 32.0 Å². The number of hydrogen-bond donors (Lipinski definition) is 2. The zero-order valence-electron chi connectivity index (χ0n) is 21.2. The molecule has 2 saturated heterocycles. The molecule has 0 spiro atoms. The SMILES string of the molecule is CC(C)c1cnn2c1N[C@@H](CN1CC(N3CCC(F)(F)C3)C1)NC2=NCc1ccccc1-n1cccn1. The Labute approximate surface area is 215 Å². The van der Waals surface area contributed by atoms with Crippen LogP contribution in [-0.4, -0.2) is 86.2 Å². The Morgan fingerprint density at radius 3 is 2.70 bits per heavy atom. The van der Waals surface area contributed by atoms with Crippen molar-refractivity contribution in [2.24, 2.45) is 4.99 Å². The highest BCUT2D eigenvalue weighted by Crippen LogP contribution is 2.31. The van der Waals surface area contributed by atoms with Crippen LogP contribution in [0.5, 0.6) is 0 Å². The maximum atomic E-state index is 13.6. The maximum Gasteiger partial charge on any atom is 0.261 e. The summed E-state index contributed by atoms with van der Waals surface area (Å²) in [6.07, 6.45) is 5.50. The molecular formula is C26H33F2N9. The molecule has 3 aliphatic heterocycles. The molecule has 0 radical (unpaired) electrons. The van der Waals surface area contributed by atoms with Gasteiger partial charge in [0.05, 0.1) is 25.0 Å². The van der Waals surface area contributed by atoms with E-state index in [1.165, 1.54) is 0 Å². The summed E-state index contributed by atoms with van der Waals surface area (Å²) in [4.78, 5) is 9.19. The van der Waals surface area contributed by atoms with E-state index in [1.807, 2.05) is 50.9 Å². The monoisotopic (exact) mass is 509 g/mol. The second-order valence-electron chi connectivity index (χ2n) is 10.5. The number of para-hydroxylation sites is 1. The van der Waals surface area contributed by atoms with E-state index in [0.29, 0.717) is 25.0 Å². The van der Waals surface area contributed by atoms with Gasteiger partial charge in [0.2, 0.25) is 5.96 Å². The number of fused-ring (bicyclic) bond motifs is 1. The van der Waals surface area contributed by atoms with E-state index >= 15 is 0 Å². The molecule has 3 aliphatic rings. The minimum Gasteiger partial charge on any atom is -0.349 e. The molecule has 2 N–H and O–H groups in total. The predicted molar refractivity (Wildman–Crippen MR) is 138 cm³/mol. The Morgan fingerprint density at radius 1 is 1.14 bits per heavy atom. The fourth-order valence-electron chi connectivity index (χ4n) is 5.41. The molecule has 0 amide bonds. The molecule has 196 valence electrons. The van der Waals surface area contributed by atoms with Crippen molar-refractivity contribution in [1.29, 1.82) is 0 Å². The fraction of sp³-hybridized carbons (Fsp3) is 0.500. The van der Waals surface area contributed by atoms with E-state index in [9.17, 15) is 8.78 Å². The van der Waals surface area contributed by atoms with Crippen LogP contribution in [0.2, 0.25) is 0 Å². The summed E-state index contributed by atoms with van der Waals surface area (Å²) in [7, 11) is 0. The van der Waals surface area contributed by atoms with Crippen LogP contribution in [0.3, 0.4) is 0 Å². The lowest BCUT2D eigenvalue weighted by atomic mass is 10.1. The molecule has 37 heavy (non-hydrogen) atoms. The predicted octanol–water partition coefficient (Wildman–Crippen LogP) is 2.96. The van der Waals surface area contributed by atoms with Crippen LogP contribution in [0.25, 0.3) is 5.69 Å². The van der Waals surface area contributed by atoms with Crippen LogP contribution in [-0.2, 0) is 6.54 Å². The molecule has 3 aromatic rings. The standard InChI is InChI=1S/C26H33F2N9/c1-18(2)21-13-31-37-24(21)32-23(16-34-14-20(15-34)35-11-8-26(27,28)17-35)33-25(37)29-12-19-6-3-4-7-22(19)36-10-5-9-30-36/h3-7,9-10,13,18,20,23,32H,8,11-12,14-17H2,1-2H3,(H,29,33)/t23-/m1/s1. The lowest BCUT2D eigenvalue weighted by Crippen LogP contribution is -2.63. The first kappa shape index (κ1) is 24.1. The summed E-state index contributed by atoms with van der Waals surface area (Å²) in [5.74, 6) is -0.590. The molecule has 1 atom stereocenters. The van der Waals surface area contributed by atoms with Crippen molar-refractivity contribution in [3.8, 4) is 5.69 Å². The first-order valence-corrected chi connectivity index (χ1v) is 12.9. The normalized spacial score (nSPS) is 23.2. The van der Waals surface area contributed by atoms with Gasteiger partial charge in [0, 0.05) is 56.6 Å². The summed E-state index contributed by atoms with van der Waals surface area (Å²) in [5.41, 5.74) is 3.18. The first-order chi connectivity index (χ1) is 17.9. The molecule has 0 unspecified atom stereocenters. The number of aliphatic imine (C=N–C) groups is 1. The van der Waals surface area contributed by atoms with Gasteiger partial charge in [-0.05, 0) is 23.6 Å². The lowest BCUT2D eigenvalue weighted by Gasteiger charge is -2.46. The summed E-state index contributed by atoms with van der Waals surface area (Å²) in [5, 5.41) is 16.1. The third-order valence-electron chi connectivity index (χ3n) is 7.47. The average Bonchev–Trinajstić information content (AvgIpc) is 3.59. The van der Waals surface area contributed by atoms with Crippen LogP contribution in [0.1, 0.15) is 37.3 Å². The van der Waals surface area contributed by atoms with E-state index < -0.39 is 5.92 Å². The van der Waals surface area contributed by atoms with Gasteiger partial charge in [0.1, 0.15) is 12.0 Å². The van der Waals surface area contributed by atoms with Gasteiger partial charge in [-0.15, -0.1) is 0 Å². The number of nitrogens with one attached hydrogen (secondary N) is 2. The Kier molecular flexibility index (Phi) is 6.20. The van der Waals surface area contributed by atoms with E-state index in [-0.39, 0.29) is 25.2 Å². The van der Waals surface area contributed by atoms with Gasteiger partial charge in [-0.3, -0.25) is 9.80 Å². The second-order valence-corrected chi connectivity index (χ2v) is 10.5. The van der Waals surface area contributed by atoms with Gasteiger partial charge in [-0.25, -0.2) is 18.5 Å². The topological polar surface area (TPSA) is 78.5 Å². The summed E-state index contributed by atoms with van der Waals surface area (Å²) in [6.45, 7) is 7.49. The number of hydrogen-bond acceptors (Lipinski definition) is 6. The minimum absolute atomic E-state index is 0.0272. The van der Waals surface area contributed by atoms with Crippen molar-refractivity contribution in [2.45, 2.75) is 50.9 Å². The van der Waals surface area contributed by atoms with Crippen molar-refractivity contribution in [2.75, 3.05) is 38.0 Å². The van der Waals surface area contributed by atoms with E-state index in [0.717, 1.165) is 42.3 Å². The Hall–Kier alpha value is -3.31. The fourth-order valence-corrected chi connectivity index (χ4v) is 5.41. The van der Waals surface area contributed by atoms with Gasteiger partial charge < -0.3 is 10.6 Å². The number of benzene rings is 1. The number of rotatable bonds is 7. The third kappa shape index (κ3) is 4.85. The van der Waals surface area contributed by atoms with Crippen LogP contribution in [0, 0.1) is 0 Å². The van der Waals surface area contributed by atoms with E-state index in [4.69, 9.17) is 4.99 Å². The van der Waals surface area contributed by atoms with Crippen molar-refractivity contribution >= 4 is 11.8 Å². The number of aromatic nitrogens is 4. The van der Waals surface area contributed by atoms with Crippen LogP contribution >= 0.6 is 0 Å². The molecule has 5 heterocycles. The number of halogens is 2. The van der Waals surface area contributed by atoms with Gasteiger partial charge in [-0.2, -0.15) is 14.9 Å². The first-order valence-electron chi connectivity index (χ1n) is 12.9. The van der Waals surface area contributed by atoms with Crippen molar-refractivity contribution < 1.29 is 8.78 Å². The number of likely N-dealkylation sites (tertiary alicyclic amines) is 2. The Balaban J connectivity index is 1.18. The largest absolute Gasteiger partial charge is 0.349 e. The molecule has 0 bridgehead atoms. The van der Waals surface area contributed by atoms with Gasteiger partial charge >= 0.3 is 0 Å². The van der Waals surface area contributed by atoms with Crippen molar-refractivity contribution in [3.05, 3.63) is 60.0 Å². The van der Waals surface area contributed by atoms with Crippen LogP contribution in [0.15, 0.2) is 53.9 Å². The molecule has 11 heteroatoms. The molecule has 2 aromatic heterocycles. The van der Waals surface area contributed by atoms with Gasteiger partial charge in [0.15, 0.2) is 0 Å². The quantitative estimate of drug-likeness (QED) is 0.510. The molecular weight excluding hydrogens is 476 g/mol. The van der Waals surface area contributed by atoms with Gasteiger partial charge in [0.25, 0.3) is 5.92 Å². The second kappa shape index (κ2) is 9.53. The van der Waals surface area contributed by atoms with Crippen LogP contribution < -0.4 is 10.6 Å². The van der Waals surface area contributed by atoms with Crippen molar-refractivity contribution in [1.82, 2.24) is 34.7 Å². The molecule has 2 fully saturated rings. The average molecular weight is 510 g/mol. The molecule has 1 aromatic carbocycles. The van der Waals surface area contributed by atoms with Crippen LogP contribution in [0.4, 0.5) is 14.6 Å². The minimum atomic E-state index is -2.54. The number of nitrogens with zero attached hydrogens (tertiary/aromatic N) is 7. The summed E-state index contributed by atoms with van der Waals surface area (Å²) in [6, 6.07) is 10.2. The molecule has 0 aliphatic carbocycles. The molecule has 0 saturated carbocycles.